The zero-order valence-electron chi connectivity index (χ0n) is 7.03. The molecule has 1 aromatic heterocycles. The molecule has 0 amide bonds. The van der Waals surface area contributed by atoms with Crippen LogP contribution in [0.25, 0.3) is 0 Å². The van der Waals surface area contributed by atoms with E-state index in [9.17, 15) is 0 Å². The summed E-state index contributed by atoms with van der Waals surface area (Å²) in [5.41, 5.74) is 0. The molecule has 0 aromatic carbocycles. The predicted molar refractivity (Wildman–Crippen MR) is 42.6 cm³/mol. The van der Waals surface area contributed by atoms with Gasteiger partial charge in [0.25, 0.3) is 0 Å². The van der Waals surface area contributed by atoms with Crippen LogP contribution in [-0.2, 0) is 11.3 Å². The van der Waals surface area contributed by atoms with E-state index in [1.807, 2.05) is 0 Å². The van der Waals surface area contributed by atoms with E-state index < -0.39 is 0 Å². The van der Waals surface area contributed by atoms with Crippen LogP contribution in [0.1, 0.15) is 11.9 Å². The van der Waals surface area contributed by atoms with E-state index in [1.165, 1.54) is 0 Å². The van der Waals surface area contributed by atoms with Gasteiger partial charge in [-0.2, -0.15) is 0 Å². The number of nitrogens with one attached hydrogen (secondary N) is 1. The van der Waals surface area contributed by atoms with Crippen molar-refractivity contribution in [2.75, 3.05) is 20.2 Å². The number of ether oxygens (including phenoxy) is 1. The van der Waals surface area contributed by atoms with Crippen molar-refractivity contribution in [2.24, 2.45) is 0 Å². The lowest BCUT2D eigenvalue weighted by Crippen LogP contribution is -2.43. The molecular weight excluding hydrogens is 156 g/mol. The Kier molecular flexibility index (Phi) is 2.05. The van der Waals surface area contributed by atoms with E-state index in [0.717, 1.165) is 18.9 Å². The highest BCUT2D eigenvalue weighted by atomic mass is 16.5. The molecule has 0 atom stereocenters. The predicted octanol–water partition coefficient (Wildman–Crippen LogP) is -0.431. The van der Waals surface area contributed by atoms with Crippen molar-refractivity contribution < 1.29 is 4.74 Å². The third-order valence-corrected chi connectivity index (χ3v) is 2.07. The van der Waals surface area contributed by atoms with Crippen molar-refractivity contribution >= 4 is 0 Å². The fourth-order valence-corrected chi connectivity index (χ4v) is 1.27. The van der Waals surface area contributed by atoms with E-state index in [0.29, 0.717) is 12.6 Å². The number of aromatic nitrogens is 3. The van der Waals surface area contributed by atoms with Crippen LogP contribution in [0.5, 0.6) is 0 Å². The molecule has 1 aliphatic rings. The third kappa shape index (κ3) is 1.21. The molecular formula is C7H12N4O. The zero-order chi connectivity index (χ0) is 8.39. The Bertz CT molecular complexity index is 256. The zero-order valence-corrected chi connectivity index (χ0v) is 7.03. The molecule has 5 nitrogen and oxygen atoms in total. The smallest absolute Gasteiger partial charge is 0.159 e. The van der Waals surface area contributed by atoms with E-state index in [1.54, 1.807) is 13.4 Å². The number of methoxy groups -OCH3 is 1. The molecule has 1 fully saturated rings. The van der Waals surface area contributed by atoms with Crippen molar-refractivity contribution in [1.82, 2.24) is 20.1 Å². The summed E-state index contributed by atoms with van der Waals surface area (Å²) in [6, 6.07) is 0.519. The highest BCUT2D eigenvalue weighted by Gasteiger charge is 2.21. The van der Waals surface area contributed by atoms with Gasteiger partial charge < -0.3 is 14.6 Å². The van der Waals surface area contributed by atoms with Crippen LogP contribution in [0, 0.1) is 0 Å². The van der Waals surface area contributed by atoms with Crippen molar-refractivity contribution in [3.63, 3.8) is 0 Å². The van der Waals surface area contributed by atoms with Gasteiger partial charge in [0.2, 0.25) is 0 Å². The molecule has 1 aromatic rings. The maximum absolute atomic E-state index is 5.00. The Morgan fingerprint density at radius 3 is 3.17 bits per heavy atom. The van der Waals surface area contributed by atoms with Crippen molar-refractivity contribution in [2.45, 2.75) is 12.6 Å². The lowest BCUT2D eigenvalue weighted by Gasteiger charge is -2.28. The van der Waals surface area contributed by atoms with Crippen LogP contribution in [0.15, 0.2) is 6.33 Å². The largest absolute Gasteiger partial charge is 0.377 e. The summed E-state index contributed by atoms with van der Waals surface area (Å²) in [5.74, 6) is 0.906. The fourth-order valence-electron chi connectivity index (χ4n) is 1.27. The van der Waals surface area contributed by atoms with Crippen molar-refractivity contribution in [1.29, 1.82) is 0 Å². The molecule has 2 rings (SSSR count). The second-order valence-corrected chi connectivity index (χ2v) is 2.90. The number of hydrogen-bond donors (Lipinski definition) is 1. The SMILES string of the molecule is COCc1nncn1C1CNC1. The van der Waals surface area contributed by atoms with Gasteiger partial charge in [0.05, 0.1) is 6.04 Å². The van der Waals surface area contributed by atoms with Crippen LogP contribution >= 0.6 is 0 Å². The van der Waals surface area contributed by atoms with E-state index in [2.05, 4.69) is 20.1 Å². The normalized spacial score (nSPS) is 17.8. The molecule has 1 aliphatic heterocycles. The highest BCUT2D eigenvalue weighted by Crippen LogP contribution is 2.12. The van der Waals surface area contributed by atoms with Crippen LogP contribution in [0.2, 0.25) is 0 Å². The molecule has 2 heterocycles. The summed E-state index contributed by atoms with van der Waals surface area (Å²) < 4.78 is 7.07. The second kappa shape index (κ2) is 3.20. The van der Waals surface area contributed by atoms with Crippen LogP contribution in [0.3, 0.4) is 0 Å². The number of hydrogen-bond acceptors (Lipinski definition) is 4. The molecule has 0 unspecified atom stereocenters. The van der Waals surface area contributed by atoms with Gasteiger partial charge >= 0.3 is 0 Å². The van der Waals surface area contributed by atoms with Crippen LogP contribution in [-0.4, -0.2) is 35.0 Å². The Hall–Kier alpha value is -0.940. The summed E-state index contributed by atoms with van der Waals surface area (Å²) in [6.45, 7) is 2.56. The molecule has 0 saturated carbocycles. The first-order chi connectivity index (χ1) is 5.92. The molecule has 1 saturated heterocycles. The minimum atomic E-state index is 0.519. The lowest BCUT2D eigenvalue weighted by atomic mass is 10.2. The number of rotatable bonds is 3. The van der Waals surface area contributed by atoms with E-state index in [-0.39, 0.29) is 0 Å². The second-order valence-electron chi connectivity index (χ2n) is 2.90. The minimum absolute atomic E-state index is 0.519. The standard InChI is InChI=1S/C7H12N4O/c1-12-4-7-10-9-5-11(7)6-2-8-3-6/h5-6,8H,2-4H2,1H3. The van der Waals surface area contributed by atoms with Gasteiger partial charge in [0.1, 0.15) is 12.9 Å². The van der Waals surface area contributed by atoms with Gasteiger partial charge in [-0.1, -0.05) is 0 Å². The Balaban J connectivity index is 2.12. The van der Waals surface area contributed by atoms with Crippen molar-refractivity contribution in [3.05, 3.63) is 12.2 Å². The van der Waals surface area contributed by atoms with Gasteiger partial charge in [0, 0.05) is 20.2 Å². The topological polar surface area (TPSA) is 52.0 Å². The number of nitrogens with zero attached hydrogens (tertiary/aromatic N) is 3. The van der Waals surface area contributed by atoms with Gasteiger partial charge in [-0.3, -0.25) is 0 Å². The quantitative estimate of drug-likeness (QED) is 0.665. The van der Waals surface area contributed by atoms with E-state index in [4.69, 9.17) is 4.74 Å². The fraction of sp³-hybridized carbons (Fsp3) is 0.714. The first-order valence-electron chi connectivity index (χ1n) is 4.00. The molecule has 12 heavy (non-hydrogen) atoms. The first kappa shape index (κ1) is 7.70. The molecule has 0 spiro atoms. The lowest BCUT2D eigenvalue weighted by molar-refractivity contribution is 0.168. The average molecular weight is 168 g/mol. The summed E-state index contributed by atoms with van der Waals surface area (Å²) in [6.07, 6.45) is 1.76. The average Bonchev–Trinajstić information content (AvgIpc) is 2.35. The van der Waals surface area contributed by atoms with Crippen LogP contribution in [0.4, 0.5) is 0 Å². The summed E-state index contributed by atoms with van der Waals surface area (Å²) >= 11 is 0. The monoisotopic (exact) mass is 168 g/mol. The summed E-state index contributed by atoms with van der Waals surface area (Å²) in [7, 11) is 1.66. The summed E-state index contributed by atoms with van der Waals surface area (Å²) in [5, 5.41) is 11.0. The van der Waals surface area contributed by atoms with Crippen molar-refractivity contribution in [3.8, 4) is 0 Å². The van der Waals surface area contributed by atoms with Gasteiger partial charge in [-0.15, -0.1) is 10.2 Å². The Morgan fingerprint density at radius 1 is 1.75 bits per heavy atom. The molecule has 0 bridgehead atoms. The molecule has 66 valence electrons. The molecule has 0 radical (unpaired) electrons. The highest BCUT2D eigenvalue weighted by molar-refractivity contribution is 4.92. The maximum Gasteiger partial charge on any atom is 0.159 e. The Morgan fingerprint density at radius 2 is 2.58 bits per heavy atom. The first-order valence-corrected chi connectivity index (χ1v) is 4.00. The molecule has 5 heteroatoms. The van der Waals surface area contributed by atoms with Gasteiger partial charge in [-0.05, 0) is 0 Å². The minimum Gasteiger partial charge on any atom is -0.377 e. The molecule has 0 aliphatic carbocycles. The van der Waals surface area contributed by atoms with Crippen LogP contribution < -0.4 is 5.32 Å². The third-order valence-electron chi connectivity index (χ3n) is 2.07. The maximum atomic E-state index is 5.00. The van der Waals surface area contributed by atoms with Gasteiger partial charge in [0.15, 0.2) is 5.82 Å². The van der Waals surface area contributed by atoms with Gasteiger partial charge in [-0.25, -0.2) is 0 Å². The Labute approximate surface area is 70.7 Å². The molecule has 1 N–H and O–H groups in total. The summed E-state index contributed by atoms with van der Waals surface area (Å²) in [4.78, 5) is 0. The van der Waals surface area contributed by atoms with E-state index >= 15 is 0 Å².